The fraction of sp³-hybridized carbons (Fsp3) is 0.667. The maximum Gasteiger partial charge on any atom is 0.357 e. The normalized spacial score (nSPS) is 18.3. The van der Waals surface area contributed by atoms with Gasteiger partial charge in [0.1, 0.15) is 10.6 Å². The number of carbonyl (C=O) groups excluding carboxylic acids is 1. The molecule has 1 aromatic rings. The van der Waals surface area contributed by atoms with Crippen LogP contribution in [0.4, 0.5) is 0 Å². The first-order chi connectivity index (χ1) is 8.13. The van der Waals surface area contributed by atoms with Crippen LogP contribution in [0.1, 0.15) is 46.1 Å². The number of esters is 1. The predicted octanol–water partition coefficient (Wildman–Crippen LogP) is 2.65. The second kappa shape index (κ2) is 4.74. The number of rotatable bonds is 3. The number of nitrogens with zero attached hydrogens (tertiary/aromatic N) is 1. The van der Waals surface area contributed by atoms with E-state index in [0.29, 0.717) is 5.69 Å². The first-order valence-corrected chi connectivity index (χ1v) is 6.56. The molecule has 0 unspecified atom stereocenters. The zero-order valence-corrected chi connectivity index (χ0v) is 11.2. The monoisotopic (exact) mass is 255 g/mol. The van der Waals surface area contributed by atoms with Crippen LogP contribution in [-0.4, -0.2) is 25.2 Å². The highest BCUT2D eigenvalue weighted by molar-refractivity contribution is 7.12. The molecule has 5 heteroatoms. The number of aromatic nitrogens is 1. The van der Waals surface area contributed by atoms with Gasteiger partial charge in [0, 0.05) is 12.0 Å². The Morgan fingerprint density at radius 3 is 2.53 bits per heavy atom. The molecule has 1 saturated carbocycles. The molecule has 1 fully saturated rings. The Balaban J connectivity index is 2.36. The third-order valence-electron chi connectivity index (χ3n) is 3.37. The third kappa shape index (κ3) is 2.09. The summed E-state index contributed by atoms with van der Waals surface area (Å²) in [4.78, 5) is 16.9. The Morgan fingerprint density at radius 2 is 2.00 bits per heavy atom. The summed E-state index contributed by atoms with van der Waals surface area (Å²) in [5, 5.41) is 0.912. The number of hydrogen-bond donors (Lipinski definition) is 0. The SMILES string of the molecule is COC(=O)c1nc(C2(OC)CCCC2)sc1C. The lowest BCUT2D eigenvalue weighted by molar-refractivity contribution is -0.00899. The van der Waals surface area contributed by atoms with E-state index in [9.17, 15) is 4.79 Å². The number of methoxy groups -OCH3 is 2. The fourth-order valence-corrected chi connectivity index (χ4v) is 3.45. The minimum absolute atomic E-state index is 0.276. The molecule has 1 aliphatic carbocycles. The smallest absolute Gasteiger partial charge is 0.357 e. The van der Waals surface area contributed by atoms with E-state index < -0.39 is 0 Å². The largest absolute Gasteiger partial charge is 0.464 e. The van der Waals surface area contributed by atoms with Crippen LogP contribution in [0, 0.1) is 6.92 Å². The summed E-state index contributed by atoms with van der Waals surface area (Å²) in [6.07, 6.45) is 4.27. The predicted molar refractivity (Wildman–Crippen MR) is 65.3 cm³/mol. The Hall–Kier alpha value is -0.940. The number of ether oxygens (including phenoxy) is 2. The molecule has 0 N–H and O–H groups in total. The summed E-state index contributed by atoms with van der Waals surface area (Å²) < 4.78 is 10.4. The molecular formula is C12H17NO3S. The number of carbonyl (C=O) groups is 1. The first kappa shape index (κ1) is 12.5. The first-order valence-electron chi connectivity index (χ1n) is 5.74. The van der Waals surface area contributed by atoms with Crippen molar-refractivity contribution in [3.63, 3.8) is 0 Å². The summed E-state index contributed by atoms with van der Waals surface area (Å²) in [7, 11) is 3.10. The van der Waals surface area contributed by atoms with Crippen molar-refractivity contribution in [1.29, 1.82) is 0 Å². The van der Waals surface area contributed by atoms with Crippen molar-refractivity contribution in [3.05, 3.63) is 15.6 Å². The molecule has 2 rings (SSSR count). The Bertz CT molecular complexity index is 421. The molecule has 94 valence electrons. The van der Waals surface area contributed by atoms with Gasteiger partial charge in [-0.05, 0) is 19.8 Å². The Morgan fingerprint density at radius 1 is 1.35 bits per heavy atom. The van der Waals surface area contributed by atoms with Crippen LogP contribution in [0.2, 0.25) is 0 Å². The van der Waals surface area contributed by atoms with Crippen LogP contribution in [-0.2, 0) is 15.1 Å². The molecule has 1 heterocycles. The maximum absolute atomic E-state index is 11.5. The second-order valence-corrected chi connectivity index (χ2v) is 5.52. The topological polar surface area (TPSA) is 48.4 Å². The van der Waals surface area contributed by atoms with Gasteiger partial charge < -0.3 is 9.47 Å². The fourth-order valence-electron chi connectivity index (χ4n) is 2.33. The van der Waals surface area contributed by atoms with Crippen molar-refractivity contribution >= 4 is 17.3 Å². The third-order valence-corrected chi connectivity index (χ3v) is 4.52. The summed E-state index contributed by atoms with van der Waals surface area (Å²) in [6.45, 7) is 1.89. The molecule has 0 amide bonds. The second-order valence-electron chi connectivity index (χ2n) is 4.32. The minimum atomic E-state index is -0.366. The average Bonchev–Trinajstić information content (AvgIpc) is 2.95. The van der Waals surface area contributed by atoms with Crippen LogP contribution < -0.4 is 0 Å². The summed E-state index contributed by atoms with van der Waals surface area (Å²) in [5.74, 6) is -0.366. The average molecular weight is 255 g/mol. The highest BCUT2D eigenvalue weighted by atomic mass is 32.1. The van der Waals surface area contributed by atoms with E-state index >= 15 is 0 Å². The van der Waals surface area contributed by atoms with Crippen LogP contribution in [0.5, 0.6) is 0 Å². The van der Waals surface area contributed by atoms with Gasteiger partial charge in [0.15, 0.2) is 5.69 Å². The molecule has 0 aliphatic heterocycles. The van der Waals surface area contributed by atoms with Gasteiger partial charge in [0.2, 0.25) is 0 Å². The van der Waals surface area contributed by atoms with Gasteiger partial charge in [0.05, 0.1) is 7.11 Å². The van der Waals surface area contributed by atoms with E-state index in [1.165, 1.54) is 7.11 Å². The lowest BCUT2D eigenvalue weighted by atomic mass is 10.0. The zero-order valence-electron chi connectivity index (χ0n) is 10.4. The minimum Gasteiger partial charge on any atom is -0.464 e. The quantitative estimate of drug-likeness (QED) is 0.779. The number of aryl methyl sites for hydroxylation is 1. The zero-order chi connectivity index (χ0) is 12.5. The molecule has 0 atom stereocenters. The van der Waals surface area contributed by atoms with Crippen LogP contribution in [0.25, 0.3) is 0 Å². The summed E-state index contributed by atoms with van der Waals surface area (Å²) in [5.41, 5.74) is 0.151. The summed E-state index contributed by atoms with van der Waals surface area (Å²) in [6, 6.07) is 0. The van der Waals surface area contributed by atoms with Crippen LogP contribution in [0.3, 0.4) is 0 Å². The van der Waals surface area contributed by atoms with E-state index in [4.69, 9.17) is 9.47 Å². The molecular weight excluding hydrogens is 238 g/mol. The standard InChI is InChI=1S/C12H17NO3S/c1-8-9(10(14)15-2)13-11(17-8)12(16-3)6-4-5-7-12/h4-7H2,1-3H3. The highest BCUT2D eigenvalue weighted by Gasteiger charge is 2.39. The van der Waals surface area contributed by atoms with Crippen molar-refractivity contribution in [2.24, 2.45) is 0 Å². The molecule has 17 heavy (non-hydrogen) atoms. The Kier molecular flexibility index (Phi) is 3.49. The molecule has 4 nitrogen and oxygen atoms in total. The molecule has 0 aromatic carbocycles. The van der Waals surface area contributed by atoms with Gasteiger partial charge in [-0.1, -0.05) is 12.8 Å². The molecule has 1 aromatic heterocycles. The molecule has 0 saturated heterocycles. The van der Waals surface area contributed by atoms with Gasteiger partial charge in [0.25, 0.3) is 0 Å². The van der Waals surface area contributed by atoms with Gasteiger partial charge in [-0.15, -0.1) is 11.3 Å². The van der Waals surface area contributed by atoms with E-state index in [1.54, 1.807) is 18.4 Å². The van der Waals surface area contributed by atoms with Gasteiger partial charge >= 0.3 is 5.97 Å². The van der Waals surface area contributed by atoms with Gasteiger partial charge in [-0.2, -0.15) is 0 Å². The van der Waals surface area contributed by atoms with Crippen molar-refractivity contribution < 1.29 is 14.3 Å². The van der Waals surface area contributed by atoms with Crippen LogP contribution in [0.15, 0.2) is 0 Å². The van der Waals surface area contributed by atoms with Crippen molar-refractivity contribution in [3.8, 4) is 0 Å². The maximum atomic E-state index is 11.5. The van der Waals surface area contributed by atoms with E-state index in [2.05, 4.69) is 4.98 Å². The number of hydrogen-bond acceptors (Lipinski definition) is 5. The lowest BCUT2D eigenvalue weighted by Crippen LogP contribution is -2.24. The van der Waals surface area contributed by atoms with Crippen molar-refractivity contribution in [2.45, 2.75) is 38.2 Å². The van der Waals surface area contributed by atoms with Crippen molar-refractivity contribution in [1.82, 2.24) is 4.98 Å². The van der Waals surface area contributed by atoms with Gasteiger partial charge in [-0.25, -0.2) is 9.78 Å². The lowest BCUT2D eigenvalue weighted by Gasteiger charge is -2.24. The highest BCUT2D eigenvalue weighted by Crippen LogP contribution is 2.43. The summed E-state index contributed by atoms with van der Waals surface area (Å²) >= 11 is 1.54. The molecule has 0 radical (unpaired) electrons. The van der Waals surface area contributed by atoms with Crippen molar-refractivity contribution in [2.75, 3.05) is 14.2 Å². The van der Waals surface area contributed by atoms with E-state index in [0.717, 1.165) is 35.6 Å². The van der Waals surface area contributed by atoms with Gasteiger partial charge in [-0.3, -0.25) is 0 Å². The Labute approximate surface area is 105 Å². The number of thiazole rings is 1. The van der Waals surface area contributed by atoms with E-state index in [1.807, 2.05) is 6.92 Å². The molecule has 1 aliphatic rings. The van der Waals surface area contributed by atoms with E-state index in [-0.39, 0.29) is 11.6 Å². The molecule has 0 bridgehead atoms. The molecule has 0 spiro atoms. The van der Waals surface area contributed by atoms with Crippen LogP contribution >= 0.6 is 11.3 Å².